The van der Waals surface area contributed by atoms with Crippen molar-refractivity contribution < 1.29 is 22.7 Å². The van der Waals surface area contributed by atoms with Crippen molar-refractivity contribution in [3.8, 4) is 5.75 Å². The predicted octanol–water partition coefficient (Wildman–Crippen LogP) is 0.935. The summed E-state index contributed by atoms with van der Waals surface area (Å²) >= 11 is 0. The van der Waals surface area contributed by atoms with E-state index in [-0.39, 0.29) is 40.7 Å². The Kier molecular flexibility index (Phi) is 6.85. The third-order valence-corrected chi connectivity index (χ3v) is 6.46. The van der Waals surface area contributed by atoms with Gasteiger partial charge < -0.3 is 14.8 Å². The van der Waals surface area contributed by atoms with Crippen LogP contribution in [0.5, 0.6) is 5.75 Å². The van der Waals surface area contributed by atoms with Crippen molar-refractivity contribution in [3.63, 3.8) is 0 Å². The lowest BCUT2D eigenvalue weighted by Gasteiger charge is -2.26. The number of hydrogen-bond acceptors (Lipinski definition) is 7. The van der Waals surface area contributed by atoms with Crippen molar-refractivity contribution in [1.29, 1.82) is 0 Å². The Balaban J connectivity index is 1.89. The second-order valence-electron chi connectivity index (χ2n) is 6.62. The lowest BCUT2D eigenvalue weighted by atomic mass is 10.3. The Morgan fingerprint density at radius 2 is 1.97 bits per heavy atom. The van der Waals surface area contributed by atoms with E-state index in [0.29, 0.717) is 26.2 Å². The minimum absolute atomic E-state index is 0.0476. The Labute approximate surface area is 174 Å². The molecule has 1 aromatic heterocycles. The second-order valence-corrected chi connectivity index (χ2v) is 8.52. The first-order valence-electron chi connectivity index (χ1n) is 9.52. The number of hydrogen-bond donors (Lipinski definition) is 1. The summed E-state index contributed by atoms with van der Waals surface area (Å²) in [7, 11) is -2.45. The fraction of sp³-hybridized carbons (Fsp3) is 0.421. The highest BCUT2D eigenvalue weighted by Crippen LogP contribution is 2.30. The lowest BCUT2D eigenvalue weighted by molar-refractivity contribution is 0.0729. The number of amides is 1. The van der Waals surface area contributed by atoms with Crippen molar-refractivity contribution in [3.05, 3.63) is 46.4 Å². The third kappa shape index (κ3) is 4.69. The molecule has 30 heavy (non-hydrogen) atoms. The maximum absolute atomic E-state index is 13.1. The maximum atomic E-state index is 13.1. The van der Waals surface area contributed by atoms with Crippen molar-refractivity contribution >= 4 is 21.6 Å². The molecule has 0 unspecified atom stereocenters. The zero-order valence-electron chi connectivity index (χ0n) is 16.8. The molecule has 0 radical (unpaired) electrons. The summed E-state index contributed by atoms with van der Waals surface area (Å²) in [5.74, 6) is -0.381. The molecule has 1 fully saturated rings. The lowest BCUT2D eigenvalue weighted by Crippen LogP contribution is -2.40. The van der Waals surface area contributed by atoms with Crippen LogP contribution in [-0.2, 0) is 21.3 Å². The number of methoxy groups -OCH3 is 1. The fourth-order valence-corrected chi connectivity index (χ4v) is 4.61. The molecule has 1 amide bonds. The molecule has 162 valence electrons. The van der Waals surface area contributed by atoms with E-state index >= 15 is 0 Å². The number of nitrogens with one attached hydrogen (secondary N) is 1. The molecule has 1 saturated heterocycles. The number of benzene rings is 1. The van der Waals surface area contributed by atoms with Crippen LogP contribution in [-0.4, -0.2) is 61.8 Å². The Morgan fingerprint density at radius 3 is 2.63 bits per heavy atom. The molecule has 0 saturated carbocycles. The second kappa shape index (κ2) is 9.37. The summed E-state index contributed by atoms with van der Waals surface area (Å²) in [6, 6.07) is 6.98. The first-order valence-corrected chi connectivity index (χ1v) is 11.0. The van der Waals surface area contributed by atoms with Crippen LogP contribution in [0.4, 0.5) is 5.69 Å². The van der Waals surface area contributed by atoms with E-state index in [1.807, 2.05) is 6.92 Å². The van der Waals surface area contributed by atoms with E-state index in [0.717, 1.165) is 0 Å². The van der Waals surface area contributed by atoms with Gasteiger partial charge in [-0.3, -0.25) is 9.59 Å². The van der Waals surface area contributed by atoms with Crippen molar-refractivity contribution in [2.75, 3.05) is 38.7 Å². The van der Waals surface area contributed by atoms with Gasteiger partial charge in [0.1, 0.15) is 16.3 Å². The number of aromatic nitrogens is 2. The van der Waals surface area contributed by atoms with Crippen molar-refractivity contribution in [2.45, 2.75) is 24.8 Å². The molecule has 2 heterocycles. The van der Waals surface area contributed by atoms with Crippen LogP contribution < -0.4 is 15.6 Å². The van der Waals surface area contributed by atoms with Crippen LogP contribution in [0.2, 0.25) is 0 Å². The van der Waals surface area contributed by atoms with E-state index < -0.39 is 15.9 Å². The summed E-state index contributed by atoms with van der Waals surface area (Å²) in [5, 5.41) is 6.70. The highest BCUT2D eigenvalue weighted by Gasteiger charge is 2.29. The number of nitrogens with zero attached hydrogens (tertiary/aromatic N) is 3. The van der Waals surface area contributed by atoms with Crippen LogP contribution in [0.25, 0.3) is 0 Å². The maximum Gasteiger partial charge on any atom is 0.276 e. The van der Waals surface area contributed by atoms with Gasteiger partial charge in [-0.05, 0) is 30.7 Å². The molecular weight excluding hydrogens is 412 g/mol. The van der Waals surface area contributed by atoms with Gasteiger partial charge in [0, 0.05) is 31.4 Å². The van der Waals surface area contributed by atoms with E-state index in [1.165, 1.54) is 46.4 Å². The van der Waals surface area contributed by atoms with Crippen LogP contribution in [0.3, 0.4) is 0 Å². The largest absolute Gasteiger partial charge is 0.495 e. The highest BCUT2D eigenvalue weighted by molar-refractivity contribution is 7.89. The van der Waals surface area contributed by atoms with Gasteiger partial charge in [-0.1, -0.05) is 6.92 Å². The molecule has 1 N–H and O–H groups in total. The number of ether oxygens (including phenoxy) is 2. The van der Waals surface area contributed by atoms with E-state index in [2.05, 4.69) is 10.4 Å². The summed E-state index contributed by atoms with van der Waals surface area (Å²) in [6.45, 7) is 3.41. The average molecular weight is 436 g/mol. The van der Waals surface area contributed by atoms with Crippen LogP contribution in [0.1, 0.15) is 23.8 Å². The summed E-state index contributed by atoms with van der Waals surface area (Å²) in [5.41, 5.74) is 0.0240. The van der Waals surface area contributed by atoms with Crippen molar-refractivity contribution in [1.82, 2.24) is 14.1 Å². The Hall–Kier alpha value is -2.76. The first-order chi connectivity index (χ1) is 14.4. The highest BCUT2D eigenvalue weighted by atomic mass is 32.2. The SMILES string of the molecule is CCCn1nc(C(=O)Nc2ccc(OC)c(S(=O)(=O)N3CCOCC3)c2)ccc1=O. The fourth-order valence-electron chi connectivity index (χ4n) is 3.02. The molecule has 3 rings (SSSR count). The number of rotatable bonds is 7. The van der Waals surface area contributed by atoms with Gasteiger partial charge in [-0.2, -0.15) is 9.40 Å². The van der Waals surface area contributed by atoms with Gasteiger partial charge in [-0.25, -0.2) is 13.1 Å². The average Bonchev–Trinajstić information content (AvgIpc) is 2.76. The van der Waals surface area contributed by atoms with Crippen LogP contribution in [0.15, 0.2) is 40.0 Å². The minimum atomic E-state index is -3.83. The minimum Gasteiger partial charge on any atom is -0.495 e. The molecule has 0 bridgehead atoms. The van der Waals surface area contributed by atoms with Crippen molar-refractivity contribution in [2.24, 2.45) is 0 Å². The van der Waals surface area contributed by atoms with Gasteiger partial charge in [0.15, 0.2) is 0 Å². The number of morpholine rings is 1. The Bertz CT molecular complexity index is 1080. The molecule has 11 heteroatoms. The molecule has 0 atom stereocenters. The van der Waals surface area contributed by atoms with Gasteiger partial charge in [0.2, 0.25) is 10.0 Å². The van der Waals surface area contributed by atoms with Gasteiger partial charge >= 0.3 is 0 Å². The normalized spacial score (nSPS) is 15.0. The van der Waals surface area contributed by atoms with E-state index in [1.54, 1.807) is 0 Å². The number of sulfonamides is 1. The molecule has 1 aliphatic heterocycles. The number of anilines is 1. The summed E-state index contributed by atoms with van der Waals surface area (Å²) in [6.07, 6.45) is 0.694. The first kappa shape index (κ1) is 21.9. The van der Waals surface area contributed by atoms with E-state index in [4.69, 9.17) is 9.47 Å². The number of aryl methyl sites for hydroxylation is 1. The molecule has 2 aromatic rings. The molecule has 0 aliphatic carbocycles. The summed E-state index contributed by atoms with van der Waals surface area (Å²) < 4.78 is 39.1. The predicted molar refractivity (Wildman–Crippen MR) is 109 cm³/mol. The molecule has 10 nitrogen and oxygen atoms in total. The third-order valence-electron chi connectivity index (χ3n) is 4.54. The van der Waals surface area contributed by atoms with Crippen LogP contribution >= 0.6 is 0 Å². The van der Waals surface area contributed by atoms with Crippen LogP contribution in [0, 0.1) is 0 Å². The number of carbonyl (C=O) groups excluding carboxylic acids is 1. The standard InChI is InChI=1S/C19H24N4O6S/c1-3-8-23-18(24)7-5-15(21-23)19(25)20-14-4-6-16(28-2)17(13-14)30(26,27)22-9-11-29-12-10-22/h4-7,13H,3,8-12H2,1-2H3,(H,20,25). The van der Waals surface area contributed by atoms with Gasteiger partial charge in [-0.15, -0.1) is 0 Å². The summed E-state index contributed by atoms with van der Waals surface area (Å²) in [4.78, 5) is 24.3. The van der Waals surface area contributed by atoms with Gasteiger partial charge in [0.05, 0.1) is 20.3 Å². The Morgan fingerprint density at radius 1 is 1.23 bits per heavy atom. The zero-order valence-corrected chi connectivity index (χ0v) is 17.6. The monoisotopic (exact) mass is 436 g/mol. The van der Waals surface area contributed by atoms with E-state index in [9.17, 15) is 18.0 Å². The van der Waals surface area contributed by atoms with Gasteiger partial charge in [0.25, 0.3) is 11.5 Å². The quantitative estimate of drug-likeness (QED) is 0.686. The molecule has 1 aliphatic rings. The smallest absolute Gasteiger partial charge is 0.276 e. The zero-order chi connectivity index (χ0) is 21.7. The number of carbonyl (C=O) groups is 1. The molecular formula is C19H24N4O6S. The molecule has 0 spiro atoms. The topological polar surface area (TPSA) is 120 Å². The molecule has 1 aromatic carbocycles.